The largest absolute Gasteiger partial charge is 0.456 e. The van der Waals surface area contributed by atoms with Crippen LogP contribution >= 0.6 is 11.6 Å². The molecule has 0 aliphatic heterocycles. The summed E-state index contributed by atoms with van der Waals surface area (Å²) < 4.78 is 5.90. The second-order valence-electron chi connectivity index (χ2n) is 7.52. The molecule has 0 saturated heterocycles. The number of aromatic nitrogens is 2. The Balaban J connectivity index is 1.35. The van der Waals surface area contributed by atoms with Gasteiger partial charge in [0.2, 0.25) is 5.91 Å². The average Bonchev–Trinajstić information content (AvgIpc) is 3.48. The molecule has 1 fully saturated rings. The summed E-state index contributed by atoms with van der Waals surface area (Å²) in [4.78, 5) is 25.0. The number of fused-ring (bicyclic) bond motifs is 1. The highest BCUT2D eigenvalue weighted by molar-refractivity contribution is 6.30. The smallest absolute Gasteiger partial charge is 0.229 e. The van der Waals surface area contributed by atoms with Gasteiger partial charge in [0.1, 0.15) is 11.3 Å². The van der Waals surface area contributed by atoms with Gasteiger partial charge in [-0.05, 0) is 54.8 Å². The Morgan fingerprint density at radius 3 is 2.70 bits per heavy atom. The van der Waals surface area contributed by atoms with Crippen LogP contribution < -0.4 is 10.7 Å². The zero-order chi connectivity index (χ0) is 20.7. The van der Waals surface area contributed by atoms with E-state index in [0.717, 1.165) is 29.7 Å². The molecule has 150 valence electrons. The standard InChI is InChI=1S/C23H18ClN3O3/c24-16-6-4-15(5-7-16)21-12-19(28)17-9-13(1-8-20(17)30-21)10-23(29)25-22-11-18(26-27-22)14-2-3-14/h1,4-9,11-12,14H,2-3,10H2,(H2,25,26,27,29). The summed E-state index contributed by atoms with van der Waals surface area (Å²) in [5.74, 6) is 1.35. The minimum atomic E-state index is -0.189. The monoisotopic (exact) mass is 419 g/mol. The maximum atomic E-state index is 12.6. The number of benzene rings is 2. The second kappa shape index (κ2) is 7.46. The van der Waals surface area contributed by atoms with E-state index in [-0.39, 0.29) is 17.8 Å². The third-order valence-electron chi connectivity index (χ3n) is 5.17. The van der Waals surface area contributed by atoms with Gasteiger partial charge in [0.25, 0.3) is 0 Å². The van der Waals surface area contributed by atoms with Gasteiger partial charge in [-0.15, -0.1) is 0 Å². The topological polar surface area (TPSA) is 88.0 Å². The zero-order valence-electron chi connectivity index (χ0n) is 15.9. The van der Waals surface area contributed by atoms with Gasteiger partial charge in [-0.1, -0.05) is 17.7 Å². The van der Waals surface area contributed by atoms with Crippen molar-refractivity contribution >= 4 is 34.3 Å². The summed E-state index contributed by atoms with van der Waals surface area (Å²) in [7, 11) is 0. The molecule has 0 atom stereocenters. The van der Waals surface area contributed by atoms with E-state index in [9.17, 15) is 9.59 Å². The average molecular weight is 420 g/mol. The van der Waals surface area contributed by atoms with Crippen molar-refractivity contribution in [2.24, 2.45) is 0 Å². The van der Waals surface area contributed by atoms with Crippen LogP contribution in [-0.4, -0.2) is 16.1 Å². The lowest BCUT2D eigenvalue weighted by atomic mass is 10.1. The fourth-order valence-electron chi connectivity index (χ4n) is 3.45. The Hall–Kier alpha value is -3.38. The van der Waals surface area contributed by atoms with Crippen LogP contribution in [0.15, 0.2) is 63.8 Å². The molecule has 2 heterocycles. The van der Waals surface area contributed by atoms with Crippen molar-refractivity contribution in [3.8, 4) is 11.3 Å². The summed E-state index contributed by atoms with van der Waals surface area (Å²) in [6.07, 6.45) is 2.46. The number of nitrogens with one attached hydrogen (secondary N) is 2. The van der Waals surface area contributed by atoms with E-state index in [1.165, 1.54) is 6.07 Å². The van der Waals surface area contributed by atoms with Crippen LogP contribution in [0.3, 0.4) is 0 Å². The highest BCUT2D eigenvalue weighted by Gasteiger charge is 2.25. The van der Waals surface area contributed by atoms with Crippen LogP contribution in [0.1, 0.15) is 30.0 Å². The molecule has 2 N–H and O–H groups in total. The molecule has 0 bridgehead atoms. The molecule has 1 aliphatic carbocycles. The molecule has 7 heteroatoms. The fraction of sp³-hybridized carbons (Fsp3) is 0.174. The number of amides is 1. The van der Waals surface area contributed by atoms with Crippen molar-refractivity contribution in [1.82, 2.24) is 10.2 Å². The summed E-state index contributed by atoms with van der Waals surface area (Å²) >= 11 is 5.92. The highest BCUT2D eigenvalue weighted by Crippen LogP contribution is 2.39. The number of halogens is 1. The Morgan fingerprint density at radius 1 is 1.13 bits per heavy atom. The van der Waals surface area contributed by atoms with Crippen LogP contribution in [-0.2, 0) is 11.2 Å². The third kappa shape index (κ3) is 3.86. The second-order valence-corrected chi connectivity index (χ2v) is 7.96. The quantitative estimate of drug-likeness (QED) is 0.481. The van der Waals surface area contributed by atoms with Gasteiger partial charge >= 0.3 is 0 Å². The van der Waals surface area contributed by atoms with E-state index in [1.54, 1.807) is 42.5 Å². The predicted molar refractivity (Wildman–Crippen MR) is 116 cm³/mol. The van der Waals surface area contributed by atoms with Crippen molar-refractivity contribution in [3.63, 3.8) is 0 Å². The number of nitrogens with zero attached hydrogens (tertiary/aromatic N) is 1. The Kier molecular flexibility index (Phi) is 4.64. The lowest BCUT2D eigenvalue weighted by Gasteiger charge is -2.06. The summed E-state index contributed by atoms with van der Waals surface area (Å²) in [6.45, 7) is 0. The predicted octanol–water partition coefficient (Wildman–Crippen LogP) is 4.90. The Labute approximate surface area is 176 Å². The van der Waals surface area contributed by atoms with Gasteiger partial charge < -0.3 is 9.73 Å². The van der Waals surface area contributed by atoms with Crippen molar-refractivity contribution in [2.75, 3.05) is 5.32 Å². The Bertz CT molecular complexity index is 1300. The molecule has 30 heavy (non-hydrogen) atoms. The zero-order valence-corrected chi connectivity index (χ0v) is 16.7. The molecule has 0 radical (unpaired) electrons. The molecular formula is C23H18ClN3O3. The molecule has 2 aromatic carbocycles. The molecule has 0 unspecified atom stereocenters. The van der Waals surface area contributed by atoms with Gasteiger partial charge in [-0.25, -0.2) is 0 Å². The first-order chi connectivity index (χ1) is 14.5. The number of hydrogen-bond acceptors (Lipinski definition) is 4. The molecule has 4 aromatic rings. The van der Waals surface area contributed by atoms with Gasteiger partial charge in [0, 0.05) is 34.3 Å². The third-order valence-corrected chi connectivity index (χ3v) is 5.42. The SMILES string of the molecule is O=C(Cc1ccc2oc(-c3ccc(Cl)cc3)cc(=O)c2c1)Nc1cc(C2CC2)[nH]n1. The summed E-state index contributed by atoms with van der Waals surface area (Å²) in [5.41, 5.74) is 2.86. The first-order valence-corrected chi connectivity index (χ1v) is 10.1. The minimum Gasteiger partial charge on any atom is -0.456 e. The first-order valence-electron chi connectivity index (χ1n) is 9.73. The van der Waals surface area contributed by atoms with Gasteiger partial charge in [0.05, 0.1) is 11.8 Å². The van der Waals surface area contributed by atoms with Crippen molar-refractivity contribution in [2.45, 2.75) is 25.2 Å². The molecule has 0 spiro atoms. The van der Waals surface area contributed by atoms with Crippen LogP contribution in [0, 0.1) is 0 Å². The highest BCUT2D eigenvalue weighted by atomic mass is 35.5. The van der Waals surface area contributed by atoms with E-state index >= 15 is 0 Å². The van der Waals surface area contributed by atoms with E-state index < -0.39 is 0 Å². The molecule has 1 amide bonds. The van der Waals surface area contributed by atoms with Crippen LogP contribution in [0.5, 0.6) is 0 Å². The maximum absolute atomic E-state index is 12.6. The van der Waals surface area contributed by atoms with E-state index in [1.807, 2.05) is 6.07 Å². The van der Waals surface area contributed by atoms with Gasteiger partial charge in [0.15, 0.2) is 11.2 Å². The first kappa shape index (κ1) is 18.6. The van der Waals surface area contributed by atoms with Gasteiger partial charge in [-0.3, -0.25) is 14.7 Å². The number of aromatic amines is 1. The molecule has 1 aliphatic rings. The van der Waals surface area contributed by atoms with Gasteiger partial charge in [-0.2, -0.15) is 5.10 Å². The van der Waals surface area contributed by atoms with Crippen LogP contribution in [0.2, 0.25) is 5.02 Å². The van der Waals surface area contributed by atoms with E-state index in [0.29, 0.717) is 33.5 Å². The number of H-pyrrole nitrogens is 1. The lowest BCUT2D eigenvalue weighted by molar-refractivity contribution is -0.115. The number of carbonyl (C=O) groups excluding carboxylic acids is 1. The summed E-state index contributed by atoms with van der Waals surface area (Å²) in [5, 5.41) is 11.0. The minimum absolute atomic E-state index is 0.139. The molecule has 5 rings (SSSR count). The normalized spacial score (nSPS) is 13.5. The van der Waals surface area contributed by atoms with Crippen molar-refractivity contribution in [1.29, 1.82) is 0 Å². The van der Waals surface area contributed by atoms with Crippen LogP contribution in [0.4, 0.5) is 5.82 Å². The molecule has 1 saturated carbocycles. The molecule has 2 aromatic heterocycles. The van der Waals surface area contributed by atoms with Crippen molar-refractivity contribution < 1.29 is 9.21 Å². The van der Waals surface area contributed by atoms with E-state index in [4.69, 9.17) is 16.0 Å². The van der Waals surface area contributed by atoms with Crippen LogP contribution in [0.25, 0.3) is 22.3 Å². The van der Waals surface area contributed by atoms with Crippen molar-refractivity contribution in [3.05, 3.63) is 81.1 Å². The lowest BCUT2D eigenvalue weighted by Crippen LogP contribution is -2.15. The van der Waals surface area contributed by atoms with E-state index in [2.05, 4.69) is 15.5 Å². The number of hydrogen-bond donors (Lipinski definition) is 2. The Morgan fingerprint density at radius 2 is 1.93 bits per heavy atom. The maximum Gasteiger partial charge on any atom is 0.229 e. The summed E-state index contributed by atoms with van der Waals surface area (Å²) in [6, 6.07) is 15.6. The molecule has 6 nitrogen and oxygen atoms in total. The number of rotatable bonds is 5. The fourth-order valence-corrected chi connectivity index (χ4v) is 3.57. The molecular weight excluding hydrogens is 402 g/mol. The number of anilines is 1. The number of carbonyl (C=O) groups is 1.